The standard InChI is InChI=1S/C27H36N4O3S2.C5H5NS.CH4.2H2O/c1-33-10-5-11-34-22-14-21-15-25(30-26(21)24(28)16-22)27(32)29-17-23(18-31-8-12-35-13-9-31)36-19-20-6-3-2-4-7-20;7-5-3-1-2-4-6-5;;;/h2-4,6-7,14-16,23,30H,5,8-13,17-19,28H2,1H3,(H,29,32);1-4H,(H,6,7);1H4;2*1H2. The lowest BCUT2D eigenvalue weighted by atomic mass is 10.2. The number of nitrogens with zero attached hydrogens (tertiary/aromatic N) is 1. The number of carbonyl (C=O) groups is 1. The van der Waals surface area contributed by atoms with Crippen LogP contribution in [0.3, 0.4) is 0 Å². The molecule has 254 valence electrons. The number of hydrogen-bond acceptors (Lipinski definition) is 8. The summed E-state index contributed by atoms with van der Waals surface area (Å²) in [6.07, 6.45) is 2.61. The van der Waals surface area contributed by atoms with Gasteiger partial charge in [0.15, 0.2) is 0 Å². The summed E-state index contributed by atoms with van der Waals surface area (Å²) in [6, 6.07) is 21.7. The number of benzene rings is 2. The molecule has 0 aliphatic carbocycles. The average molecular weight is 692 g/mol. The van der Waals surface area contributed by atoms with Gasteiger partial charge in [-0.3, -0.25) is 4.79 Å². The zero-order chi connectivity index (χ0) is 30.3. The van der Waals surface area contributed by atoms with Crippen molar-refractivity contribution in [1.29, 1.82) is 0 Å². The smallest absolute Gasteiger partial charge is 0.267 e. The number of ether oxygens (including phenoxy) is 2. The Morgan fingerprint density at radius 1 is 1.09 bits per heavy atom. The zero-order valence-corrected chi connectivity index (χ0v) is 28.0. The molecule has 9 N–H and O–H groups in total. The predicted molar refractivity (Wildman–Crippen MR) is 198 cm³/mol. The van der Waals surface area contributed by atoms with Crippen LogP contribution in [0.15, 0.2) is 72.9 Å². The highest BCUT2D eigenvalue weighted by Crippen LogP contribution is 2.28. The van der Waals surface area contributed by atoms with Gasteiger partial charge in [0.05, 0.1) is 17.8 Å². The van der Waals surface area contributed by atoms with Crippen molar-refractivity contribution in [3.8, 4) is 5.75 Å². The number of aromatic nitrogens is 2. The Morgan fingerprint density at radius 3 is 2.48 bits per heavy atom. The van der Waals surface area contributed by atoms with E-state index < -0.39 is 0 Å². The van der Waals surface area contributed by atoms with Gasteiger partial charge < -0.3 is 46.3 Å². The molecule has 1 unspecified atom stereocenters. The molecule has 3 heterocycles. The number of methoxy groups -OCH3 is 1. The minimum atomic E-state index is -0.118. The molecule has 46 heavy (non-hydrogen) atoms. The highest BCUT2D eigenvalue weighted by atomic mass is 32.2. The fourth-order valence-corrected chi connectivity index (χ4v) is 6.82. The molecular weight excluding hydrogens is 643 g/mol. The number of amides is 1. The van der Waals surface area contributed by atoms with Crippen LogP contribution < -0.4 is 15.8 Å². The van der Waals surface area contributed by atoms with E-state index in [0.29, 0.717) is 42.1 Å². The minimum Gasteiger partial charge on any atom is -0.493 e. The van der Waals surface area contributed by atoms with Crippen LogP contribution in [-0.4, -0.2) is 95.0 Å². The Kier molecular flexibility index (Phi) is 20.0. The summed E-state index contributed by atoms with van der Waals surface area (Å²) in [6.45, 7) is 5.00. The number of anilines is 1. The molecule has 13 heteroatoms. The third-order valence-corrected chi connectivity index (χ3v) is 9.29. The van der Waals surface area contributed by atoms with Gasteiger partial charge in [-0.15, -0.1) is 0 Å². The topological polar surface area (TPSA) is 171 Å². The first-order valence-corrected chi connectivity index (χ1v) is 17.0. The molecule has 0 spiro atoms. The molecule has 0 radical (unpaired) electrons. The van der Waals surface area contributed by atoms with Gasteiger partial charge in [-0.25, -0.2) is 0 Å². The van der Waals surface area contributed by atoms with Gasteiger partial charge in [0, 0.05) is 86.5 Å². The molecule has 1 fully saturated rings. The summed E-state index contributed by atoms with van der Waals surface area (Å²) in [4.78, 5) is 21.6. The number of pyridine rings is 1. The maximum Gasteiger partial charge on any atom is 0.267 e. The van der Waals surface area contributed by atoms with E-state index in [4.69, 9.17) is 27.4 Å². The highest BCUT2D eigenvalue weighted by Gasteiger charge is 2.19. The van der Waals surface area contributed by atoms with Crippen LogP contribution in [-0.2, 0) is 10.5 Å². The van der Waals surface area contributed by atoms with Gasteiger partial charge in [0.1, 0.15) is 16.1 Å². The Morgan fingerprint density at radius 2 is 1.83 bits per heavy atom. The molecule has 4 aromatic rings. The van der Waals surface area contributed by atoms with Crippen molar-refractivity contribution >= 4 is 58.2 Å². The summed E-state index contributed by atoms with van der Waals surface area (Å²) in [5, 5.41) is 4.33. The Labute approximate surface area is 285 Å². The molecule has 0 saturated carbocycles. The number of thioether (sulfide) groups is 2. The number of nitrogens with two attached hydrogens (primary N) is 1. The van der Waals surface area contributed by atoms with Gasteiger partial charge in [-0.1, -0.05) is 56.0 Å². The van der Waals surface area contributed by atoms with E-state index in [-0.39, 0.29) is 24.3 Å². The molecule has 2 aromatic carbocycles. The van der Waals surface area contributed by atoms with Crippen LogP contribution in [0, 0.1) is 4.64 Å². The van der Waals surface area contributed by atoms with E-state index >= 15 is 0 Å². The number of nitrogen functional groups attached to an aromatic ring is 1. The second-order valence-electron chi connectivity index (χ2n) is 10.1. The fraction of sp³-hybridized carbons (Fsp3) is 0.394. The van der Waals surface area contributed by atoms with Gasteiger partial charge in [0.25, 0.3) is 5.91 Å². The van der Waals surface area contributed by atoms with Crippen molar-refractivity contribution in [1.82, 2.24) is 20.2 Å². The first-order valence-electron chi connectivity index (χ1n) is 14.4. The van der Waals surface area contributed by atoms with Crippen molar-refractivity contribution in [2.75, 3.05) is 63.7 Å². The van der Waals surface area contributed by atoms with Crippen LogP contribution in [0.5, 0.6) is 5.75 Å². The lowest BCUT2D eigenvalue weighted by Gasteiger charge is -2.30. The fourth-order valence-electron chi connectivity index (χ4n) is 4.56. The van der Waals surface area contributed by atoms with E-state index in [2.05, 4.69) is 44.5 Å². The number of nitrogens with one attached hydrogen (secondary N) is 3. The SMILES string of the molecule is C.COCCCOc1cc(N)c2[nH]c(C(=O)NCC(CN3CCSCC3)SCc3ccccc3)cc2c1.O.O.S=c1cccc[nH]1. The molecule has 1 amide bonds. The molecular formula is C33H49N5O5S3. The van der Waals surface area contributed by atoms with Crippen LogP contribution in [0.4, 0.5) is 5.69 Å². The quantitative estimate of drug-likeness (QED) is 0.0864. The van der Waals surface area contributed by atoms with Gasteiger partial charge in [0.2, 0.25) is 0 Å². The largest absolute Gasteiger partial charge is 0.493 e. The first-order chi connectivity index (χ1) is 21.0. The molecule has 2 aromatic heterocycles. The van der Waals surface area contributed by atoms with Gasteiger partial charge in [-0.2, -0.15) is 23.5 Å². The Bertz CT molecular complexity index is 1450. The third kappa shape index (κ3) is 13.8. The maximum absolute atomic E-state index is 13.1. The number of carbonyl (C=O) groups excluding carboxylic acids is 1. The molecule has 10 nitrogen and oxygen atoms in total. The lowest BCUT2D eigenvalue weighted by Crippen LogP contribution is -2.42. The van der Waals surface area contributed by atoms with Crippen molar-refractivity contribution in [3.05, 3.63) is 88.8 Å². The van der Waals surface area contributed by atoms with Crippen molar-refractivity contribution in [3.63, 3.8) is 0 Å². The van der Waals surface area contributed by atoms with Crippen LogP contribution in [0.2, 0.25) is 0 Å². The minimum absolute atomic E-state index is 0. The van der Waals surface area contributed by atoms with Crippen LogP contribution in [0.25, 0.3) is 10.9 Å². The molecule has 1 aliphatic rings. The first kappa shape index (κ1) is 41.0. The second-order valence-corrected chi connectivity index (χ2v) is 13.1. The number of fused-ring (bicyclic) bond motifs is 1. The number of H-pyrrole nitrogens is 2. The summed E-state index contributed by atoms with van der Waals surface area (Å²) in [5.41, 5.74) is 9.37. The zero-order valence-electron chi connectivity index (χ0n) is 25.6. The van der Waals surface area contributed by atoms with Crippen LogP contribution >= 0.6 is 35.7 Å². The Hall–Kier alpha value is -3.04. The van der Waals surface area contributed by atoms with Crippen molar-refractivity contribution < 1.29 is 25.2 Å². The Balaban J connectivity index is 0.000000938. The van der Waals surface area contributed by atoms with Crippen molar-refractivity contribution in [2.45, 2.75) is 24.9 Å². The lowest BCUT2D eigenvalue weighted by molar-refractivity contribution is 0.0948. The molecule has 5 rings (SSSR count). The summed E-state index contributed by atoms with van der Waals surface area (Å²) < 4.78 is 11.6. The predicted octanol–water partition coefficient (Wildman–Crippen LogP) is 4.98. The number of hydrogen-bond donors (Lipinski definition) is 4. The summed E-state index contributed by atoms with van der Waals surface area (Å²) in [5.74, 6) is 3.86. The second kappa shape index (κ2) is 22.5. The molecule has 1 atom stereocenters. The number of aromatic amines is 2. The van der Waals surface area contributed by atoms with E-state index in [1.165, 1.54) is 17.1 Å². The molecule has 0 bridgehead atoms. The van der Waals surface area contributed by atoms with Gasteiger partial charge in [-0.05, 0) is 29.8 Å². The number of rotatable bonds is 13. The van der Waals surface area contributed by atoms with E-state index in [0.717, 1.165) is 47.4 Å². The molecule has 1 aliphatic heterocycles. The highest BCUT2D eigenvalue weighted by molar-refractivity contribution is 7.99. The summed E-state index contributed by atoms with van der Waals surface area (Å²) >= 11 is 8.68. The van der Waals surface area contributed by atoms with Gasteiger partial charge >= 0.3 is 0 Å². The van der Waals surface area contributed by atoms with Crippen molar-refractivity contribution in [2.24, 2.45) is 0 Å². The maximum atomic E-state index is 13.1. The van der Waals surface area contributed by atoms with E-state index in [9.17, 15) is 4.79 Å². The summed E-state index contributed by atoms with van der Waals surface area (Å²) in [7, 11) is 1.67. The van der Waals surface area contributed by atoms with Crippen LogP contribution in [0.1, 0.15) is 29.9 Å². The normalized spacial score (nSPS) is 13.2. The monoisotopic (exact) mass is 691 g/mol. The van der Waals surface area contributed by atoms with E-state index in [1.54, 1.807) is 13.2 Å². The average Bonchev–Trinajstić information content (AvgIpc) is 3.47. The molecule has 1 saturated heterocycles. The van der Waals surface area contributed by atoms with E-state index in [1.807, 2.05) is 66.1 Å². The third-order valence-electron chi connectivity index (χ3n) is 6.80.